The number of carbonyl (C=O) groups excluding carboxylic acids is 4. The number of hydrogen-bond donors (Lipinski definition) is 1. The van der Waals surface area contributed by atoms with Crippen LogP contribution in [0.3, 0.4) is 0 Å². The maximum Gasteiger partial charge on any atom is 1.00 e. The molecule has 0 aromatic carbocycles. The number of rotatable bonds is 10. The fourth-order valence-electron chi connectivity index (χ4n) is 3.33. The number of thiazole rings is 1. The zero-order valence-electron chi connectivity index (χ0n) is 23.3. The van der Waals surface area contributed by atoms with Crippen LogP contribution >= 0.6 is 11.3 Å². The second kappa shape index (κ2) is 16.0. The van der Waals surface area contributed by atoms with Gasteiger partial charge in [-0.15, -0.1) is 17.9 Å². The molecule has 1 aliphatic rings. The van der Waals surface area contributed by atoms with Crippen LogP contribution < -0.4 is 24.2 Å². The molecule has 1 aromatic rings. The maximum atomic E-state index is 12.6. The number of allylic oxidation sites excluding steroid dienone is 6. The zero-order valence-corrected chi connectivity index (χ0v) is 24.1. The number of methoxy groups -OCH3 is 1. The Morgan fingerprint density at radius 1 is 1.18 bits per heavy atom. The third-order valence-corrected chi connectivity index (χ3v) is 6.02. The predicted molar refractivity (Wildman–Crippen MR) is 147 cm³/mol. The number of esters is 2. The molecule has 204 valence electrons. The summed E-state index contributed by atoms with van der Waals surface area (Å²) in [6.07, 6.45) is 12.7. The molecule has 1 aliphatic carbocycles. The van der Waals surface area contributed by atoms with Crippen molar-refractivity contribution in [2.24, 2.45) is 0 Å². The number of hydrogen-bond acceptors (Lipinski definition) is 8. The van der Waals surface area contributed by atoms with Gasteiger partial charge in [0.1, 0.15) is 22.2 Å². The van der Waals surface area contributed by atoms with Crippen LogP contribution in [-0.2, 0) is 23.9 Å². The van der Waals surface area contributed by atoms with Gasteiger partial charge in [-0.25, -0.2) is 9.78 Å². The summed E-state index contributed by atoms with van der Waals surface area (Å²) in [5.74, 6) is -2.60. The molecule has 0 bridgehead atoms. The van der Waals surface area contributed by atoms with Gasteiger partial charge in [-0.3, -0.25) is 9.59 Å². The Bertz CT molecular complexity index is 1190. The maximum absolute atomic E-state index is 12.6. The Hall–Kier alpha value is -3.19. The monoisotopic (exact) mass is 547 g/mol. The first-order valence-corrected chi connectivity index (χ1v) is 13.0. The molecule has 0 atom stereocenters. The van der Waals surface area contributed by atoms with E-state index in [1.165, 1.54) is 16.9 Å². The normalized spacial score (nSPS) is 16.7. The fourth-order valence-corrected chi connectivity index (χ4v) is 4.13. The van der Waals surface area contributed by atoms with Crippen LogP contribution in [0.4, 0.5) is 0 Å². The third-order valence-electron chi connectivity index (χ3n) is 5.13. The van der Waals surface area contributed by atoms with Crippen LogP contribution in [0, 0.1) is 0 Å². The van der Waals surface area contributed by atoms with E-state index in [0.29, 0.717) is 17.8 Å². The summed E-state index contributed by atoms with van der Waals surface area (Å²) < 4.78 is 9.84. The summed E-state index contributed by atoms with van der Waals surface area (Å²) in [7, 11) is 1.15. The van der Waals surface area contributed by atoms with Crippen molar-refractivity contribution in [2.75, 3.05) is 7.11 Å². The quantitative estimate of drug-likeness (QED) is 0.271. The standard InChI is InChI=1S/C28H35N3O6S.Li/c1-18(24(33)30-19(2)27(35)36-6)29-25(34)22-17-38-26(31-22)21-13-9-7-8-11-20(15-16-21)12-10-14-23(32)37-28(3,4)5;/h9,13,15-17H,1-2,7-8,10-12,14H2,3-6H3,(H2,29,30,33,34);/q;+1/p-1/b13-9+,20-15+,21-16+;. The molecule has 39 heavy (non-hydrogen) atoms. The SMILES string of the molecule is C=C([N-]C(=O)c1csc(C2=C/C=C(/CCCC(=O)OC(C)(C)C)CCC\C=C\2)n1)C(=O)NC(=C)C(=O)OC.[Li+]. The van der Waals surface area contributed by atoms with Gasteiger partial charge in [-0.2, -0.15) is 0 Å². The van der Waals surface area contributed by atoms with Crippen molar-refractivity contribution in [2.45, 2.75) is 64.9 Å². The summed E-state index contributed by atoms with van der Waals surface area (Å²) in [6, 6.07) is 0. The van der Waals surface area contributed by atoms with E-state index in [9.17, 15) is 19.2 Å². The molecule has 0 radical (unpaired) electrons. The van der Waals surface area contributed by atoms with Gasteiger partial charge in [-0.1, -0.05) is 42.2 Å². The van der Waals surface area contributed by atoms with Gasteiger partial charge in [0, 0.05) is 17.4 Å². The van der Waals surface area contributed by atoms with Crippen LogP contribution in [0.25, 0.3) is 10.9 Å². The molecular formula is C28H34LiN3O6S. The first kappa shape index (κ1) is 33.8. The van der Waals surface area contributed by atoms with Crippen LogP contribution in [0.5, 0.6) is 0 Å². The fraction of sp³-hybridized carbons (Fsp3) is 0.393. The molecular weight excluding hydrogens is 513 g/mol. The van der Waals surface area contributed by atoms with E-state index in [-0.39, 0.29) is 36.2 Å². The molecule has 1 aromatic heterocycles. The Morgan fingerprint density at radius 3 is 2.56 bits per heavy atom. The average Bonchev–Trinajstić information content (AvgIpc) is 3.36. The van der Waals surface area contributed by atoms with Crippen molar-refractivity contribution < 1.29 is 47.5 Å². The Kier molecular flexibility index (Phi) is 13.9. The van der Waals surface area contributed by atoms with Crippen LogP contribution in [-0.4, -0.2) is 41.4 Å². The van der Waals surface area contributed by atoms with Gasteiger partial charge >= 0.3 is 30.8 Å². The molecule has 0 fully saturated rings. The van der Waals surface area contributed by atoms with E-state index >= 15 is 0 Å². The van der Waals surface area contributed by atoms with Crippen LogP contribution in [0.15, 0.2) is 59.8 Å². The summed E-state index contributed by atoms with van der Waals surface area (Å²) in [5, 5.41) is 8.06. The van der Waals surface area contributed by atoms with E-state index in [2.05, 4.69) is 39.6 Å². The molecule has 0 saturated carbocycles. The van der Waals surface area contributed by atoms with E-state index in [0.717, 1.165) is 38.4 Å². The number of nitrogens with one attached hydrogen (secondary N) is 1. The number of amides is 2. The summed E-state index contributed by atoms with van der Waals surface area (Å²) in [6.45, 7) is 12.4. The minimum Gasteiger partial charge on any atom is -0.617 e. The molecule has 0 spiro atoms. The smallest absolute Gasteiger partial charge is 0.617 e. The van der Waals surface area contributed by atoms with Gasteiger partial charge in [0.2, 0.25) is 5.91 Å². The van der Waals surface area contributed by atoms with Crippen molar-refractivity contribution in [3.8, 4) is 0 Å². The van der Waals surface area contributed by atoms with Gasteiger partial charge in [-0.05, 0) is 52.9 Å². The van der Waals surface area contributed by atoms with Crippen molar-refractivity contribution >= 4 is 40.7 Å². The minimum atomic E-state index is -0.851. The average molecular weight is 548 g/mol. The summed E-state index contributed by atoms with van der Waals surface area (Å²) >= 11 is 1.28. The second-order valence-corrected chi connectivity index (χ2v) is 10.4. The molecule has 9 nitrogen and oxygen atoms in total. The Labute approximate surface area is 245 Å². The minimum absolute atomic E-state index is 0. The summed E-state index contributed by atoms with van der Waals surface area (Å²) in [5.41, 5.74) is 0.961. The van der Waals surface area contributed by atoms with E-state index < -0.39 is 29.1 Å². The number of nitrogens with zero attached hydrogens (tertiary/aromatic N) is 2. The van der Waals surface area contributed by atoms with E-state index in [1.54, 1.807) is 5.38 Å². The van der Waals surface area contributed by atoms with Crippen LogP contribution in [0.2, 0.25) is 0 Å². The number of aromatic nitrogens is 1. The molecule has 2 amide bonds. The second-order valence-electron chi connectivity index (χ2n) is 9.51. The predicted octanol–water partition coefficient (Wildman–Crippen LogP) is 2.54. The summed E-state index contributed by atoms with van der Waals surface area (Å²) in [4.78, 5) is 52.4. The van der Waals surface area contributed by atoms with Crippen molar-refractivity contribution in [3.63, 3.8) is 0 Å². The Morgan fingerprint density at radius 2 is 1.90 bits per heavy atom. The van der Waals surface area contributed by atoms with E-state index in [4.69, 9.17) is 4.74 Å². The third kappa shape index (κ3) is 12.0. The Balaban J connectivity index is 0.00000760. The van der Waals surface area contributed by atoms with Gasteiger partial charge in [0.05, 0.1) is 12.8 Å². The molecule has 11 heteroatoms. The van der Waals surface area contributed by atoms with Gasteiger partial charge in [0.25, 0.3) is 0 Å². The van der Waals surface area contributed by atoms with Crippen molar-refractivity contribution in [3.05, 3.63) is 75.8 Å². The van der Waals surface area contributed by atoms with Gasteiger partial charge < -0.3 is 24.9 Å². The van der Waals surface area contributed by atoms with Gasteiger partial charge in [0.15, 0.2) is 0 Å². The van der Waals surface area contributed by atoms with Crippen LogP contribution in [0.1, 0.15) is 74.8 Å². The first-order chi connectivity index (χ1) is 17.9. The molecule has 0 unspecified atom stereocenters. The van der Waals surface area contributed by atoms with E-state index in [1.807, 2.05) is 39.0 Å². The number of ether oxygens (including phenoxy) is 2. The first-order valence-electron chi connectivity index (χ1n) is 12.2. The zero-order chi connectivity index (χ0) is 28.3. The van der Waals surface area contributed by atoms with Crippen molar-refractivity contribution in [1.29, 1.82) is 0 Å². The molecule has 0 aliphatic heterocycles. The molecule has 2 rings (SSSR count). The topological polar surface area (TPSA) is 126 Å². The number of carbonyl (C=O) groups is 4. The molecule has 1 heterocycles. The largest absolute Gasteiger partial charge is 1.00 e. The van der Waals surface area contributed by atoms with Crippen molar-refractivity contribution in [1.82, 2.24) is 10.3 Å². The molecule has 0 saturated heterocycles. The molecule has 1 N–H and O–H groups in total.